The van der Waals surface area contributed by atoms with Crippen LogP contribution in [0.25, 0.3) is 5.65 Å². The summed E-state index contributed by atoms with van der Waals surface area (Å²) in [5, 5.41) is 12.8. The molecule has 2 rings (SSSR count). The molecule has 7 heteroatoms. The first kappa shape index (κ1) is 10.1. The Balaban J connectivity index is 2.63. The van der Waals surface area contributed by atoms with Crippen LogP contribution in [0.4, 0.5) is 0 Å². The first-order valence-electron chi connectivity index (χ1n) is 4.09. The van der Waals surface area contributed by atoms with E-state index in [1.54, 1.807) is 18.3 Å². The molecule has 0 amide bonds. The van der Waals surface area contributed by atoms with Gasteiger partial charge in [-0.3, -0.25) is 4.79 Å². The molecule has 0 aliphatic carbocycles. The molecule has 0 fully saturated rings. The molecule has 2 aromatic rings. The van der Waals surface area contributed by atoms with Gasteiger partial charge in [-0.25, -0.2) is 9.50 Å². The fourth-order valence-electron chi connectivity index (χ4n) is 1.19. The summed E-state index contributed by atoms with van der Waals surface area (Å²) in [5.74, 6) is -1.13. The van der Waals surface area contributed by atoms with Crippen LogP contribution in [0.3, 0.4) is 0 Å². The summed E-state index contributed by atoms with van der Waals surface area (Å²) in [6.07, 6.45) is 1.58. The van der Waals surface area contributed by atoms with Gasteiger partial charge >= 0.3 is 5.97 Å². The van der Waals surface area contributed by atoms with E-state index in [0.29, 0.717) is 10.3 Å². The number of nitrogens with zero attached hydrogens (tertiary/aromatic N) is 3. The van der Waals surface area contributed by atoms with Crippen molar-refractivity contribution in [3.8, 4) is 0 Å². The molecule has 1 atom stereocenters. The number of halogens is 1. The van der Waals surface area contributed by atoms with E-state index in [1.807, 2.05) is 0 Å². The standard InChI is InChI=1S/C8H7BrN4O2/c9-7-6(5(10)8(14)15)12-4-2-1-3-11-13(4)7/h1-3,5H,10H2,(H,14,15). The first-order chi connectivity index (χ1) is 7.11. The fourth-order valence-corrected chi connectivity index (χ4v) is 1.80. The van der Waals surface area contributed by atoms with Gasteiger partial charge in [-0.1, -0.05) is 0 Å². The highest BCUT2D eigenvalue weighted by molar-refractivity contribution is 9.10. The number of carbonyl (C=O) groups is 1. The Morgan fingerprint density at radius 2 is 2.40 bits per heavy atom. The molecule has 3 N–H and O–H groups in total. The number of hydrogen-bond donors (Lipinski definition) is 2. The molecule has 6 nitrogen and oxygen atoms in total. The third kappa shape index (κ3) is 1.59. The minimum Gasteiger partial charge on any atom is -0.480 e. The summed E-state index contributed by atoms with van der Waals surface area (Å²) in [7, 11) is 0. The minimum atomic E-state index is -1.15. The lowest BCUT2D eigenvalue weighted by Crippen LogP contribution is -2.21. The smallest absolute Gasteiger partial charge is 0.326 e. The van der Waals surface area contributed by atoms with Crippen molar-refractivity contribution >= 4 is 27.5 Å². The van der Waals surface area contributed by atoms with Crippen LogP contribution >= 0.6 is 15.9 Å². The van der Waals surface area contributed by atoms with Crippen LogP contribution in [-0.2, 0) is 4.79 Å². The van der Waals surface area contributed by atoms with Crippen LogP contribution in [0.15, 0.2) is 22.9 Å². The van der Waals surface area contributed by atoms with Gasteiger partial charge in [0.1, 0.15) is 16.3 Å². The van der Waals surface area contributed by atoms with Crippen molar-refractivity contribution in [3.05, 3.63) is 28.6 Å². The highest BCUT2D eigenvalue weighted by atomic mass is 79.9. The maximum Gasteiger partial charge on any atom is 0.326 e. The predicted octanol–water partition coefficient (Wildman–Crippen LogP) is 0.576. The first-order valence-corrected chi connectivity index (χ1v) is 4.88. The molecule has 0 saturated heterocycles. The number of imidazole rings is 1. The highest BCUT2D eigenvalue weighted by Crippen LogP contribution is 2.22. The summed E-state index contributed by atoms with van der Waals surface area (Å²) < 4.78 is 1.95. The molecule has 15 heavy (non-hydrogen) atoms. The summed E-state index contributed by atoms with van der Waals surface area (Å²) in [6.45, 7) is 0. The molecule has 2 aromatic heterocycles. The highest BCUT2D eigenvalue weighted by Gasteiger charge is 2.22. The molecule has 0 aliphatic heterocycles. The van der Waals surface area contributed by atoms with Gasteiger partial charge in [0.2, 0.25) is 0 Å². The fraction of sp³-hybridized carbons (Fsp3) is 0.125. The minimum absolute atomic E-state index is 0.265. The molecule has 2 heterocycles. The maximum atomic E-state index is 10.7. The van der Waals surface area contributed by atoms with Gasteiger partial charge in [0.05, 0.1) is 0 Å². The molecule has 1 unspecified atom stereocenters. The second-order valence-corrected chi connectivity index (χ2v) is 3.65. The van der Waals surface area contributed by atoms with E-state index in [2.05, 4.69) is 26.0 Å². The lowest BCUT2D eigenvalue weighted by Gasteiger charge is -2.01. The summed E-state index contributed by atoms with van der Waals surface area (Å²) >= 11 is 3.22. The van der Waals surface area contributed by atoms with Gasteiger partial charge in [-0.2, -0.15) is 5.10 Å². The Morgan fingerprint density at radius 1 is 1.67 bits per heavy atom. The van der Waals surface area contributed by atoms with E-state index in [9.17, 15) is 4.79 Å². The van der Waals surface area contributed by atoms with Crippen LogP contribution in [0.2, 0.25) is 0 Å². The summed E-state index contributed by atoms with van der Waals surface area (Å²) in [6, 6.07) is 2.28. The van der Waals surface area contributed by atoms with Crippen molar-refractivity contribution in [2.24, 2.45) is 5.73 Å². The molecule has 0 bridgehead atoms. The normalized spacial score (nSPS) is 12.9. The van der Waals surface area contributed by atoms with E-state index in [4.69, 9.17) is 10.8 Å². The average Bonchev–Trinajstić information content (AvgIpc) is 2.56. The summed E-state index contributed by atoms with van der Waals surface area (Å²) in [4.78, 5) is 14.8. The number of nitrogens with two attached hydrogens (primary N) is 1. The molecule has 0 aliphatic rings. The van der Waals surface area contributed by atoms with Crippen LogP contribution in [-0.4, -0.2) is 25.7 Å². The lowest BCUT2D eigenvalue weighted by atomic mass is 10.2. The van der Waals surface area contributed by atoms with E-state index >= 15 is 0 Å². The van der Waals surface area contributed by atoms with Gasteiger partial charge in [0, 0.05) is 6.20 Å². The number of carboxylic acids is 1. The number of rotatable bonds is 2. The van der Waals surface area contributed by atoms with Crippen LogP contribution < -0.4 is 5.73 Å². The largest absolute Gasteiger partial charge is 0.480 e. The SMILES string of the molecule is NC(C(=O)O)c1nc2cccnn2c1Br. The molecule has 0 saturated carbocycles. The van der Waals surface area contributed by atoms with Crippen LogP contribution in [0, 0.1) is 0 Å². The van der Waals surface area contributed by atoms with Crippen molar-refractivity contribution < 1.29 is 9.90 Å². The predicted molar refractivity (Wildman–Crippen MR) is 55.3 cm³/mol. The Labute approximate surface area is 92.9 Å². The Hall–Kier alpha value is -1.47. The zero-order valence-electron chi connectivity index (χ0n) is 7.46. The van der Waals surface area contributed by atoms with Gasteiger partial charge in [0.15, 0.2) is 5.65 Å². The second-order valence-electron chi connectivity index (χ2n) is 2.90. The van der Waals surface area contributed by atoms with Crippen molar-refractivity contribution in [1.82, 2.24) is 14.6 Å². The Bertz CT molecular complexity index is 524. The molecular weight excluding hydrogens is 264 g/mol. The van der Waals surface area contributed by atoms with Gasteiger partial charge in [0.25, 0.3) is 0 Å². The van der Waals surface area contributed by atoms with E-state index in [1.165, 1.54) is 4.52 Å². The van der Waals surface area contributed by atoms with Crippen LogP contribution in [0.5, 0.6) is 0 Å². The number of aliphatic carboxylic acids is 1. The van der Waals surface area contributed by atoms with E-state index in [-0.39, 0.29) is 5.69 Å². The van der Waals surface area contributed by atoms with E-state index in [0.717, 1.165) is 0 Å². The lowest BCUT2D eigenvalue weighted by molar-refractivity contribution is -0.138. The van der Waals surface area contributed by atoms with Crippen molar-refractivity contribution in [1.29, 1.82) is 0 Å². The molecule has 0 spiro atoms. The average molecular weight is 271 g/mol. The monoisotopic (exact) mass is 270 g/mol. The number of hydrogen-bond acceptors (Lipinski definition) is 4. The second kappa shape index (κ2) is 3.59. The third-order valence-electron chi connectivity index (χ3n) is 1.92. The Morgan fingerprint density at radius 3 is 3.00 bits per heavy atom. The molecule has 0 radical (unpaired) electrons. The van der Waals surface area contributed by atoms with Crippen molar-refractivity contribution in [3.63, 3.8) is 0 Å². The molecule has 0 aromatic carbocycles. The van der Waals surface area contributed by atoms with E-state index < -0.39 is 12.0 Å². The van der Waals surface area contributed by atoms with Gasteiger partial charge < -0.3 is 10.8 Å². The molecular formula is C8H7BrN4O2. The van der Waals surface area contributed by atoms with Crippen molar-refractivity contribution in [2.45, 2.75) is 6.04 Å². The topological polar surface area (TPSA) is 93.5 Å². The molecule has 78 valence electrons. The Kier molecular flexibility index (Phi) is 2.41. The quantitative estimate of drug-likeness (QED) is 0.833. The number of fused-ring (bicyclic) bond motifs is 1. The zero-order chi connectivity index (χ0) is 11.0. The maximum absolute atomic E-state index is 10.7. The number of carboxylic acid groups (broad SMARTS) is 1. The van der Waals surface area contributed by atoms with Gasteiger partial charge in [-0.15, -0.1) is 0 Å². The van der Waals surface area contributed by atoms with Crippen LogP contribution in [0.1, 0.15) is 11.7 Å². The summed E-state index contributed by atoms with van der Waals surface area (Å²) in [5.41, 5.74) is 6.29. The zero-order valence-corrected chi connectivity index (χ0v) is 9.05. The third-order valence-corrected chi connectivity index (χ3v) is 2.67. The number of aromatic nitrogens is 3. The van der Waals surface area contributed by atoms with Gasteiger partial charge in [-0.05, 0) is 28.1 Å². The van der Waals surface area contributed by atoms with Crippen molar-refractivity contribution in [2.75, 3.05) is 0 Å².